The highest BCUT2D eigenvalue weighted by Gasteiger charge is 2.37. The van der Waals surface area contributed by atoms with E-state index in [0.29, 0.717) is 35.0 Å². The molecule has 0 unspecified atom stereocenters. The SMILES string of the molecule is CONC(=N[C@H]1CC[C@H](C(=O)N(C)C)C[C@H]1NC(=O)c1nc2c(s1)CN(C)CC2)C(=O)Nc1ccc(Cl)cc1. The predicted molar refractivity (Wildman–Crippen MR) is 151 cm³/mol. The van der Waals surface area contributed by atoms with Crippen molar-refractivity contribution in [1.82, 2.24) is 25.6 Å². The highest BCUT2D eigenvalue weighted by Crippen LogP contribution is 2.30. The number of halogens is 1. The van der Waals surface area contributed by atoms with Gasteiger partial charge in [0.1, 0.15) is 0 Å². The van der Waals surface area contributed by atoms with Crippen LogP contribution < -0.4 is 16.1 Å². The lowest BCUT2D eigenvalue weighted by molar-refractivity contribution is -0.134. The normalized spacial score (nSPS) is 21.6. The molecule has 1 fully saturated rings. The summed E-state index contributed by atoms with van der Waals surface area (Å²) in [4.78, 5) is 58.3. The topological polar surface area (TPSA) is 128 Å². The molecule has 1 aromatic heterocycles. The first kappa shape index (κ1) is 28.9. The van der Waals surface area contributed by atoms with Gasteiger partial charge in [0, 0.05) is 55.1 Å². The number of aliphatic imine (C=N–C) groups is 1. The zero-order valence-corrected chi connectivity index (χ0v) is 24.1. The number of benzene rings is 1. The summed E-state index contributed by atoms with van der Waals surface area (Å²) in [5, 5.41) is 6.79. The number of rotatable bonds is 6. The van der Waals surface area contributed by atoms with Crippen molar-refractivity contribution in [3.8, 4) is 0 Å². The van der Waals surface area contributed by atoms with Crippen molar-refractivity contribution in [3.05, 3.63) is 44.9 Å². The number of carbonyl (C=O) groups excluding carboxylic acids is 3. The van der Waals surface area contributed by atoms with Crippen LogP contribution in [0.15, 0.2) is 29.3 Å². The minimum atomic E-state index is -0.507. The molecule has 11 nitrogen and oxygen atoms in total. The Bertz CT molecular complexity index is 1230. The summed E-state index contributed by atoms with van der Waals surface area (Å²) < 4.78 is 0. The van der Waals surface area contributed by atoms with Gasteiger partial charge < -0.3 is 20.4 Å². The molecule has 0 bridgehead atoms. The molecule has 2 aliphatic rings. The quantitative estimate of drug-likeness (QED) is 0.274. The lowest BCUT2D eigenvalue weighted by Crippen LogP contribution is -2.50. The van der Waals surface area contributed by atoms with E-state index in [1.165, 1.54) is 18.4 Å². The molecular weight excluding hydrogens is 542 g/mol. The van der Waals surface area contributed by atoms with Crippen LogP contribution in [0.1, 0.15) is 39.6 Å². The molecule has 3 amide bonds. The highest BCUT2D eigenvalue weighted by molar-refractivity contribution is 7.13. The number of thiazole rings is 1. The van der Waals surface area contributed by atoms with Crippen LogP contribution in [-0.4, -0.2) is 85.2 Å². The molecule has 2 aromatic rings. The van der Waals surface area contributed by atoms with E-state index in [1.54, 1.807) is 43.3 Å². The highest BCUT2D eigenvalue weighted by atomic mass is 35.5. The lowest BCUT2D eigenvalue weighted by Gasteiger charge is -2.35. The van der Waals surface area contributed by atoms with Crippen LogP contribution in [0.2, 0.25) is 5.02 Å². The van der Waals surface area contributed by atoms with Crippen LogP contribution in [0.25, 0.3) is 0 Å². The van der Waals surface area contributed by atoms with Gasteiger partial charge >= 0.3 is 0 Å². The number of hydrogen-bond acceptors (Lipinski definition) is 8. The third kappa shape index (κ3) is 7.33. The van der Waals surface area contributed by atoms with Gasteiger partial charge in [0.05, 0.1) is 24.9 Å². The first-order valence-corrected chi connectivity index (χ1v) is 14.0. The van der Waals surface area contributed by atoms with Crippen molar-refractivity contribution < 1.29 is 19.2 Å². The molecule has 3 N–H and O–H groups in total. The Kier molecular flexibility index (Phi) is 9.54. The number of carbonyl (C=O) groups is 3. The molecular formula is C26H34ClN7O4S. The number of nitrogens with one attached hydrogen (secondary N) is 3. The van der Waals surface area contributed by atoms with Crippen molar-refractivity contribution in [2.75, 3.05) is 40.1 Å². The van der Waals surface area contributed by atoms with E-state index >= 15 is 0 Å². The van der Waals surface area contributed by atoms with E-state index in [-0.39, 0.29) is 23.6 Å². The molecule has 4 rings (SSSR count). The number of aromatic nitrogens is 1. The molecule has 0 radical (unpaired) electrons. The molecule has 13 heteroatoms. The number of amidine groups is 1. The van der Waals surface area contributed by atoms with Crippen LogP contribution in [0.5, 0.6) is 0 Å². The second kappa shape index (κ2) is 12.9. The fourth-order valence-electron chi connectivity index (χ4n) is 4.82. The van der Waals surface area contributed by atoms with E-state index in [4.69, 9.17) is 16.4 Å². The van der Waals surface area contributed by atoms with Crippen molar-refractivity contribution in [2.45, 2.75) is 44.3 Å². The fraction of sp³-hybridized carbons (Fsp3) is 0.500. The largest absolute Gasteiger partial charge is 0.349 e. The third-order valence-electron chi connectivity index (χ3n) is 6.85. The van der Waals surface area contributed by atoms with Crippen molar-refractivity contribution in [2.24, 2.45) is 10.9 Å². The van der Waals surface area contributed by atoms with Gasteiger partial charge in [-0.05, 0) is 50.6 Å². The molecule has 1 saturated carbocycles. The second-order valence-electron chi connectivity index (χ2n) is 10.0. The van der Waals surface area contributed by atoms with E-state index in [9.17, 15) is 14.4 Å². The molecule has 0 saturated heterocycles. The Hall–Kier alpha value is -3.06. The second-order valence-corrected chi connectivity index (χ2v) is 11.5. The zero-order valence-electron chi connectivity index (χ0n) is 22.5. The number of hydrogen-bond donors (Lipinski definition) is 3. The summed E-state index contributed by atoms with van der Waals surface area (Å²) in [6.45, 7) is 1.67. The van der Waals surface area contributed by atoms with E-state index in [1.807, 2.05) is 7.05 Å². The predicted octanol–water partition coefficient (Wildman–Crippen LogP) is 2.33. The van der Waals surface area contributed by atoms with Crippen molar-refractivity contribution >= 4 is 52.2 Å². The number of fused-ring (bicyclic) bond motifs is 1. The summed E-state index contributed by atoms with van der Waals surface area (Å²) in [6, 6.07) is 5.74. The molecule has 0 spiro atoms. The van der Waals surface area contributed by atoms with Crippen LogP contribution in [-0.2, 0) is 27.4 Å². The Morgan fingerprint density at radius 2 is 1.95 bits per heavy atom. The standard InChI is InChI=1S/C26H34ClN7O4S/c1-33(2)26(37)15-5-10-18(29-22(32-38-4)23(35)28-17-8-6-16(27)7-9-17)20(13-15)30-24(36)25-31-19-11-12-34(3)14-21(19)39-25/h6-9,15,18,20H,5,10-14H2,1-4H3,(H,28,35)(H,29,32)(H,30,36)/t15-,18-,20+/m0/s1. The molecule has 39 heavy (non-hydrogen) atoms. The first-order valence-electron chi connectivity index (χ1n) is 12.8. The molecule has 1 aromatic carbocycles. The molecule has 3 atom stereocenters. The van der Waals surface area contributed by atoms with Crippen LogP contribution in [0.3, 0.4) is 0 Å². The Balaban J connectivity index is 1.55. The summed E-state index contributed by atoms with van der Waals surface area (Å²) in [5.41, 5.74) is 4.07. The van der Waals surface area contributed by atoms with E-state index in [2.05, 4.69) is 31.0 Å². The van der Waals surface area contributed by atoms with Gasteiger partial charge in [-0.25, -0.2) is 10.5 Å². The van der Waals surface area contributed by atoms with Gasteiger partial charge in [0.15, 0.2) is 5.01 Å². The monoisotopic (exact) mass is 575 g/mol. The minimum Gasteiger partial charge on any atom is -0.349 e. The maximum Gasteiger partial charge on any atom is 0.292 e. The maximum absolute atomic E-state index is 13.3. The lowest BCUT2D eigenvalue weighted by atomic mass is 9.81. The molecule has 1 aliphatic heterocycles. The number of anilines is 1. The molecule has 1 aliphatic carbocycles. The Morgan fingerprint density at radius 1 is 1.21 bits per heavy atom. The van der Waals surface area contributed by atoms with Gasteiger partial charge in [-0.2, -0.15) is 0 Å². The average Bonchev–Trinajstić information content (AvgIpc) is 3.33. The summed E-state index contributed by atoms with van der Waals surface area (Å²) in [5.74, 6) is -1.11. The van der Waals surface area contributed by atoms with Gasteiger partial charge in [0.2, 0.25) is 11.7 Å². The van der Waals surface area contributed by atoms with Crippen molar-refractivity contribution in [1.29, 1.82) is 0 Å². The Morgan fingerprint density at radius 3 is 2.64 bits per heavy atom. The van der Waals surface area contributed by atoms with Crippen LogP contribution in [0, 0.1) is 5.92 Å². The van der Waals surface area contributed by atoms with E-state index < -0.39 is 18.0 Å². The van der Waals surface area contributed by atoms with Crippen LogP contribution in [0.4, 0.5) is 5.69 Å². The zero-order chi connectivity index (χ0) is 28.1. The molecule has 210 valence electrons. The summed E-state index contributed by atoms with van der Waals surface area (Å²) in [7, 11) is 6.88. The number of hydroxylamine groups is 1. The summed E-state index contributed by atoms with van der Waals surface area (Å²) >= 11 is 7.34. The van der Waals surface area contributed by atoms with Gasteiger partial charge in [-0.3, -0.25) is 24.2 Å². The number of amides is 3. The number of nitrogens with zero attached hydrogens (tertiary/aromatic N) is 4. The van der Waals surface area contributed by atoms with E-state index in [0.717, 1.165) is 30.1 Å². The summed E-state index contributed by atoms with van der Waals surface area (Å²) in [6.07, 6.45) is 2.27. The fourth-order valence-corrected chi connectivity index (χ4v) is 6.04. The van der Waals surface area contributed by atoms with Gasteiger partial charge in [-0.1, -0.05) is 11.6 Å². The smallest absolute Gasteiger partial charge is 0.292 e. The minimum absolute atomic E-state index is 0.000139. The van der Waals surface area contributed by atoms with Crippen LogP contribution >= 0.6 is 22.9 Å². The van der Waals surface area contributed by atoms with Gasteiger partial charge in [0.25, 0.3) is 11.8 Å². The van der Waals surface area contributed by atoms with Crippen molar-refractivity contribution in [3.63, 3.8) is 0 Å². The number of likely N-dealkylation sites (N-methyl/N-ethyl adjacent to an activating group) is 1. The average molecular weight is 576 g/mol. The van der Waals surface area contributed by atoms with Gasteiger partial charge in [-0.15, -0.1) is 11.3 Å². The Labute approximate surface area is 236 Å². The first-order chi connectivity index (χ1) is 18.6. The third-order valence-corrected chi connectivity index (χ3v) is 8.18. The molecule has 2 heterocycles. The maximum atomic E-state index is 13.3.